The van der Waals surface area contributed by atoms with Crippen LogP contribution in [0.2, 0.25) is 0 Å². The summed E-state index contributed by atoms with van der Waals surface area (Å²) in [7, 11) is 3.61. The summed E-state index contributed by atoms with van der Waals surface area (Å²) in [5.74, 6) is 0.210. The molecule has 0 aliphatic carbocycles. The SMILES string of the molecule is CNCCN(C)C(=O)c1sc(NC(C)C)nc1N. The average molecular weight is 271 g/mol. The molecule has 0 atom stereocenters. The highest BCUT2D eigenvalue weighted by atomic mass is 32.1. The standard InChI is InChI=1S/C11H21N5OS/c1-7(2)14-11-15-9(12)8(18-11)10(17)16(4)6-5-13-3/h7,13H,5-6,12H2,1-4H3,(H,14,15). The number of thiazole rings is 1. The van der Waals surface area contributed by atoms with Crippen LogP contribution in [0.3, 0.4) is 0 Å². The monoisotopic (exact) mass is 271 g/mol. The highest BCUT2D eigenvalue weighted by molar-refractivity contribution is 7.18. The van der Waals surface area contributed by atoms with Crippen molar-refractivity contribution in [1.82, 2.24) is 15.2 Å². The van der Waals surface area contributed by atoms with E-state index >= 15 is 0 Å². The van der Waals surface area contributed by atoms with Crippen molar-refractivity contribution in [1.29, 1.82) is 0 Å². The van der Waals surface area contributed by atoms with Crippen molar-refractivity contribution in [3.05, 3.63) is 4.88 Å². The summed E-state index contributed by atoms with van der Waals surface area (Å²) in [6, 6.07) is 0.264. The second kappa shape index (κ2) is 6.55. The van der Waals surface area contributed by atoms with Crippen molar-refractivity contribution in [2.45, 2.75) is 19.9 Å². The highest BCUT2D eigenvalue weighted by Crippen LogP contribution is 2.26. The molecule has 6 nitrogen and oxygen atoms in total. The van der Waals surface area contributed by atoms with E-state index in [0.717, 1.165) is 6.54 Å². The second-order valence-corrected chi connectivity index (χ2v) is 5.36. The van der Waals surface area contributed by atoms with Crippen molar-refractivity contribution in [3.8, 4) is 0 Å². The molecule has 0 aliphatic rings. The Kier molecular flexibility index (Phi) is 5.36. The molecule has 0 bridgehead atoms. The van der Waals surface area contributed by atoms with Crippen LogP contribution in [0.25, 0.3) is 0 Å². The Labute approximate surface area is 112 Å². The lowest BCUT2D eigenvalue weighted by Crippen LogP contribution is -2.32. The van der Waals surface area contributed by atoms with Crippen LogP contribution in [0.1, 0.15) is 23.5 Å². The van der Waals surface area contributed by atoms with E-state index in [0.29, 0.717) is 22.4 Å². The number of aromatic nitrogens is 1. The van der Waals surface area contributed by atoms with Gasteiger partial charge in [-0.3, -0.25) is 4.79 Å². The number of likely N-dealkylation sites (N-methyl/N-ethyl adjacent to an activating group) is 2. The Balaban J connectivity index is 2.76. The lowest BCUT2D eigenvalue weighted by atomic mass is 10.4. The Morgan fingerprint density at radius 3 is 2.78 bits per heavy atom. The van der Waals surface area contributed by atoms with Crippen LogP contribution < -0.4 is 16.4 Å². The number of carbonyl (C=O) groups excluding carboxylic acids is 1. The van der Waals surface area contributed by atoms with Crippen LogP contribution in [0, 0.1) is 0 Å². The van der Waals surface area contributed by atoms with E-state index in [1.807, 2.05) is 20.9 Å². The van der Waals surface area contributed by atoms with Gasteiger partial charge in [-0.2, -0.15) is 0 Å². The number of nitrogen functional groups attached to an aromatic ring is 1. The van der Waals surface area contributed by atoms with Crippen LogP contribution in [0.5, 0.6) is 0 Å². The van der Waals surface area contributed by atoms with Crippen molar-refractivity contribution in [2.24, 2.45) is 0 Å². The smallest absolute Gasteiger partial charge is 0.267 e. The van der Waals surface area contributed by atoms with E-state index in [2.05, 4.69) is 15.6 Å². The van der Waals surface area contributed by atoms with Crippen molar-refractivity contribution < 1.29 is 4.79 Å². The molecule has 7 heteroatoms. The third kappa shape index (κ3) is 3.85. The molecule has 102 valence electrons. The van der Waals surface area contributed by atoms with Crippen LogP contribution in [0.4, 0.5) is 10.9 Å². The van der Waals surface area contributed by atoms with Gasteiger partial charge in [0.2, 0.25) is 0 Å². The number of hydrogen-bond donors (Lipinski definition) is 3. The summed E-state index contributed by atoms with van der Waals surface area (Å²) in [5, 5.41) is 6.84. The molecule has 0 spiro atoms. The first-order valence-corrected chi connectivity index (χ1v) is 6.70. The molecule has 1 aromatic rings. The van der Waals surface area contributed by atoms with Gasteiger partial charge in [-0.15, -0.1) is 0 Å². The molecule has 0 unspecified atom stereocenters. The molecule has 0 radical (unpaired) electrons. The highest BCUT2D eigenvalue weighted by Gasteiger charge is 2.19. The first kappa shape index (κ1) is 14.7. The largest absolute Gasteiger partial charge is 0.382 e. The zero-order chi connectivity index (χ0) is 13.7. The van der Waals surface area contributed by atoms with E-state index in [1.165, 1.54) is 11.3 Å². The zero-order valence-corrected chi connectivity index (χ0v) is 12.1. The molecule has 18 heavy (non-hydrogen) atoms. The summed E-state index contributed by atoms with van der Waals surface area (Å²) in [6.45, 7) is 5.41. The van der Waals surface area contributed by atoms with Gasteiger partial charge in [0.25, 0.3) is 5.91 Å². The molecular formula is C11H21N5OS. The summed E-state index contributed by atoms with van der Waals surface area (Å²) in [5.41, 5.74) is 5.78. The quantitative estimate of drug-likeness (QED) is 0.714. The zero-order valence-electron chi connectivity index (χ0n) is 11.3. The fourth-order valence-electron chi connectivity index (χ4n) is 1.35. The van der Waals surface area contributed by atoms with Gasteiger partial charge in [0.1, 0.15) is 10.7 Å². The normalized spacial score (nSPS) is 10.7. The summed E-state index contributed by atoms with van der Waals surface area (Å²) in [6.07, 6.45) is 0. The van der Waals surface area contributed by atoms with Gasteiger partial charge in [-0.1, -0.05) is 11.3 Å². The van der Waals surface area contributed by atoms with Gasteiger partial charge in [0.15, 0.2) is 5.13 Å². The van der Waals surface area contributed by atoms with Gasteiger partial charge in [-0.05, 0) is 20.9 Å². The average Bonchev–Trinajstić information content (AvgIpc) is 2.65. The maximum absolute atomic E-state index is 12.1. The molecule has 0 aliphatic heterocycles. The second-order valence-electron chi connectivity index (χ2n) is 4.36. The Hall–Kier alpha value is -1.34. The van der Waals surface area contributed by atoms with Gasteiger partial charge in [0.05, 0.1) is 0 Å². The Bertz CT molecular complexity index is 404. The number of nitrogens with zero attached hydrogens (tertiary/aromatic N) is 2. The number of nitrogens with one attached hydrogen (secondary N) is 2. The number of rotatable bonds is 6. The minimum atomic E-state index is -0.0861. The molecule has 1 amide bonds. The molecule has 0 fully saturated rings. The third-order valence-corrected chi connectivity index (χ3v) is 3.29. The molecule has 1 aromatic heterocycles. The van der Waals surface area contributed by atoms with Gasteiger partial charge in [0, 0.05) is 26.2 Å². The lowest BCUT2D eigenvalue weighted by Gasteiger charge is -2.15. The van der Waals surface area contributed by atoms with Crippen LogP contribution in [-0.4, -0.2) is 49.0 Å². The van der Waals surface area contributed by atoms with Crippen LogP contribution >= 0.6 is 11.3 Å². The van der Waals surface area contributed by atoms with Crippen molar-refractivity contribution >= 4 is 28.2 Å². The first-order valence-electron chi connectivity index (χ1n) is 5.88. The minimum Gasteiger partial charge on any atom is -0.382 e. The number of carbonyl (C=O) groups is 1. The summed E-state index contributed by atoms with van der Waals surface area (Å²) >= 11 is 1.30. The molecule has 0 saturated carbocycles. The van der Waals surface area contributed by atoms with Gasteiger partial charge < -0.3 is 21.3 Å². The fraction of sp³-hybridized carbons (Fsp3) is 0.636. The molecule has 1 heterocycles. The number of amides is 1. The number of hydrogen-bond acceptors (Lipinski definition) is 6. The molecule has 4 N–H and O–H groups in total. The Morgan fingerprint density at radius 1 is 1.56 bits per heavy atom. The Morgan fingerprint density at radius 2 is 2.22 bits per heavy atom. The van der Waals surface area contributed by atoms with E-state index in [9.17, 15) is 4.79 Å². The molecule has 1 rings (SSSR count). The van der Waals surface area contributed by atoms with Crippen LogP contribution in [0.15, 0.2) is 0 Å². The van der Waals surface area contributed by atoms with Gasteiger partial charge in [-0.25, -0.2) is 4.98 Å². The minimum absolute atomic E-state index is 0.0861. The maximum Gasteiger partial charge on any atom is 0.267 e. The van der Waals surface area contributed by atoms with Crippen LogP contribution in [-0.2, 0) is 0 Å². The molecule has 0 aromatic carbocycles. The maximum atomic E-state index is 12.1. The summed E-state index contributed by atoms with van der Waals surface area (Å²) in [4.78, 5) is 18.4. The van der Waals surface area contributed by atoms with Gasteiger partial charge >= 0.3 is 0 Å². The molecule has 0 saturated heterocycles. The van der Waals surface area contributed by atoms with E-state index < -0.39 is 0 Å². The predicted octanol–water partition coefficient (Wildman–Crippen LogP) is 0.837. The van der Waals surface area contributed by atoms with E-state index in [1.54, 1.807) is 11.9 Å². The van der Waals surface area contributed by atoms with E-state index in [4.69, 9.17) is 5.73 Å². The van der Waals surface area contributed by atoms with Crippen molar-refractivity contribution in [2.75, 3.05) is 38.2 Å². The fourth-order valence-corrected chi connectivity index (χ4v) is 2.37. The molecular weight excluding hydrogens is 250 g/mol. The van der Waals surface area contributed by atoms with E-state index in [-0.39, 0.29) is 11.9 Å². The third-order valence-electron chi connectivity index (χ3n) is 2.30. The topological polar surface area (TPSA) is 83.3 Å². The predicted molar refractivity (Wildman–Crippen MR) is 76.2 cm³/mol. The number of nitrogens with two attached hydrogens (primary N) is 1. The lowest BCUT2D eigenvalue weighted by molar-refractivity contribution is 0.0802. The summed E-state index contributed by atoms with van der Waals surface area (Å²) < 4.78 is 0. The van der Waals surface area contributed by atoms with Crippen molar-refractivity contribution in [3.63, 3.8) is 0 Å². The first-order chi connectivity index (χ1) is 8.45. The number of anilines is 2.